The van der Waals surface area contributed by atoms with E-state index in [1.165, 1.54) is 31.4 Å². The number of rotatable bonds is 8. The van der Waals surface area contributed by atoms with E-state index in [0.29, 0.717) is 36.3 Å². The molecular formula is C36H35F3N6O3. The standard InChI is InChI=1S/C36H35F3N6O3/c1-3-22-26(37)7-4-18-10-21(46)11-23(27(18)22)31-30(39)32-28(34(41-31)47-2)33(45-12-19-5-6-20(13-45)40-19)43-35(42-32)48-17-36(8-9-36)16-44-14-24-25(15-44)29(24)38/h1,4,7,10-11,19-20,24-25,29,40,46H,5-6,8-9,12-17H2,2H3. The molecule has 48 heavy (non-hydrogen) atoms. The quantitative estimate of drug-likeness (QED) is 0.259. The van der Waals surface area contributed by atoms with E-state index in [9.17, 15) is 13.9 Å². The van der Waals surface area contributed by atoms with Crippen LogP contribution in [0.25, 0.3) is 32.9 Å². The first kappa shape index (κ1) is 29.8. The molecule has 2 saturated carbocycles. The van der Waals surface area contributed by atoms with Crippen molar-refractivity contribution >= 4 is 27.5 Å². The minimum atomic E-state index is -0.797. The maximum absolute atomic E-state index is 17.0. The number of ether oxygens (including phenoxy) is 2. The number of piperidine rings is 1. The summed E-state index contributed by atoms with van der Waals surface area (Å²) in [7, 11) is 1.44. The fourth-order valence-electron chi connectivity index (χ4n) is 8.33. The van der Waals surface area contributed by atoms with Gasteiger partial charge in [-0.15, -0.1) is 6.42 Å². The monoisotopic (exact) mass is 656 g/mol. The smallest absolute Gasteiger partial charge is 0.319 e. The number of aromatic hydroxyl groups is 1. The van der Waals surface area contributed by atoms with Crippen LogP contribution in [0.1, 0.15) is 31.2 Å². The highest BCUT2D eigenvalue weighted by molar-refractivity contribution is 6.04. The number of fused-ring (bicyclic) bond motifs is 5. The molecule has 4 aromatic rings. The second-order valence-corrected chi connectivity index (χ2v) is 14.3. The topological polar surface area (TPSA) is 95.9 Å². The van der Waals surface area contributed by atoms with Crippen LogP contribution in [0.5, 0.6) is 17.6 Å². The number of piperazine rings is 1. The molecule has 3 saturated heterocycles. The predicted octanol–water partition coefficient (Wildman–Crippen LogP) is 4.82. The van der Waals surface area contributed by atoms with Crippen molar-refractivity contribution in [3.63, 3.8) is 0 Å². The Morgan fingerprint density at radius 3 is 2.48 bits per heavy atom. The van der Waals surface area contributed by atoms with E-state index in [1.54, 1.807) is 0 Å². The van der Waals surface area contributed by atoms with Gasteiger partial charge in [-0.3, -0.25) is 0 Å². The van der Waals surface area contributed by atoms with Gasteiger partial charge in [0.2, 0.25) is 5.88 Å². The number of aromatic nitrogens is 3. The zero-order valence-electron chi connectivity index (χ0n) is 26.5. The summed E-state index contributed by atoms with van der Waals surface area (Å²) in [6.07, 6.45) is 9.09. The van der Waals surface area contributed by atoms with Crippen molar-refractivity contribution in [2.75, 3.05) is 51.3 Å². The number of phenolic OH excluding ortho intramolecular Hbond substituents is 1. The molecule has 5 aliphatic rings. The Labute approximate surface area is 275 Å². The zero-order chi connectivity index (χ0) is 32.9. The number of nitrogens with zero attached hydrogens (tertiary/aromatic N) is 5. The molecule has 0 radical (unpaired) electrons. The molecule has 2 aromatic carbocycles. The lowest BCUT2D eigenvalue weighted by atomic mass is 9.95. The third kappa shape index (κ3) is 4.81. The van der Waals surface area contributed by atoms with E-state index >= 15 is 4.39 Å². The molecule has 2 aliphatic carbocycles. The Morgan fingerprint density at radius 1 is 1.04 bits per heavy atom. The molecule has 9 nitrogen and oxygen atoms in total. The normalized spacial score (nSPS) is 26.9. The maximum Gasteiger partial charge on any atom is 0.319 e. The van der Waals surface area contributed by atoms with Gasteiger partial charge in [-0.25, -0.2) is 18.2 Å². The van der Waals surface area contributed by atoms with E-state index in [0.717, 1.165) is 45.3 Å². The van der Waals surface area contributed by atoms with Gasteiger partial charge in [0.1, 0.15) is 40.2 Å². The van der Waals surface area contributed by atoms with Gasteiger partial charge in [0.25, 0.3) is 0 Å². The third-order valence-electron chi connectivity index (χ3n) is 11.1. The molecule has 3 aliphatic heterocycles. The van der Waals surface area contributed by atoms with Crippen molar-refractivity contribution in [3.05, 3.63) is 41.5 Å². The van der Waals surface area contributed by atoms with Crippen LogP contribution in [-0.4, -0.2) is 89.7 Å². The lowest BCUT2D eigenvalue weighted by Gasteiger charge is -2.34. The van der Waals surface area contributed by atoms with Gasteiger partial charge in [0.05, 0.1) is 19.3 Å². The Morgan fingerprint density at radius 2 is 1.79 bits per heavy atom. The fourth-order valence-corrected chi connectivity index (χ4v) is 8.33. The summed E-state index contributed by atoms with van der Waals surface area (Å²) in [5.74, 6) is 1.66. The van der Waals surface area contributed by atoms with Crippen LogP contribution in [-0.2, 0) is 0 Å². The summed E-state index contributed by atoms with van der Waals surface area (Å²) in [4.78, 5) is 18.5. The number of methoxy groups -OCH3 is 1. The molecule has 0 amide bonds. The summed E-state index contributed by atoms with van der Waals surface area (Å²) in [5, 5.41) is 15.2. The second kappa shape index (κ2) is 10.8. The molecule has 4 unspecified atom stereocenters. The van der Waals surface area contributed by atoms with E-state index in [2.05, 4.69) is 31.0 Å². The summed E-state index contributed by atoms with van der Waals surface area (Å²) in [6, 6.07) is 6.02. The van der Waals surface area contributed by atoms with Crippen molar-refractivity contribution in [1.82, 2.24) is 25.2 Å². The van der Waals surface area contributed by atoms with Gasteiger partial charge >= 0.3 is 6.01 Å². The Hall–Kier alpha value is -4.34. The van der Waals surface area contributed by atoms with Crippen LogP contribution in [0.4, 0.5) is 19.0 Å². The summed E-state index contributed by atoms with van der Waals surface area (Å²) in [6.45, 7) is 4.06. The first-order valence-electron chi connectivity index (χ1n) is 16.6. The van der Waals surface area contributed by atoms with Gasteiger partial charge in [-0.2, -0.15) is 9.97 Å². The SMILES string of the molecule is C#Cc1c(F)ccc2cc(O)cc(-c3nc(OC)c4c(N5CC6CCC(C5)N6)nc(OCC5(CN6CC7C(F)C7C6)CC5)nc4c3F)c12. The molecule has 2 aromatic heterocycles. The van der Waals surface area contributed by atoms with Crippen LogP contribution in [0.3, 0.4) is 0 Å². The Kier molecular flexibility index (Phi) is 6.72. The average molecular weight is 657 g/mol. The van der Waals surface area contributed by atoms with Crippen LogP contribution < -0.4 is 19.7 Å². The van der Waals surface area contributed by atoms with E-state index in [4.69, 9.17) is 20.9 Å². The molecule has 2 N–H and O–H groups in total. The lowest BCUT2D eigenvalue weighted by Crippen LogP contribution is -2.51. The van der Waals surface area contributed by atoms with E-state index in [1.807, 2.05) is 0 Å². The van der Waals surface area contributed by atoms with Crippen molar-refractivity contribution in [2.24, 2.45) is 17.3 Å². The highest BCUT2D eigenvalue weighted by Crippen LogP contribution is 2.52. The third-order valence-corrected chi connectivity index (χ3v) is 11.1. The number of terminal acetylenes is 1. The lowest BCUT2D eigenvalue weighted by molar-refractivity contribution is 0.155. The van der Waals surface area contributed by atoms with Gasteiger partial charge in [0, 0.05) is 73.0 Å². The largest absolute Gasteiger partial charge is 0.508 e. The first-order valence-corrected chi connectivity index (χ1v) is 16.6. The molecule has 9 rings (SSSR count). The second-order valence-electron chi connectivity index (χ2n) is 14.3. The molecule has 0 spiro atoms. The van der Waals surface area contributed by atoms with Crippen molar-refractivity contribution in [1.29, 1.82) is 0 Å². The number of nitrogens with one attached hydrogen (secondary N) is 1. The Bertz CT molecular complexity index is 2010. The van der Waals surface area contributed by atoms with E-state index in [-0.39, 0.29) is 74.7 Å². The van der Waals surface area contributed by atoms with Gasteiger partial charge in [0.15, 0.2) is 5.82 Å². The van der Waals surface area contributed by atoms with Crippen LogP contribution in [0.2, 0.25) is 0 Å². The Balaban J connectivity index is 1.16. The predicted molar refractivity (Wildman–Crippen MR) is 174 cm³/mol. The number of likely N-dealkylation sites (tertiary alicyclic amines) is 1. The first-order chi connectivity index (χ1) is 23.2. The number of halogens is 3. The maximum atomic E-state index is 17.0. The zero-order valence-corrected chi connectivity index (χ0v) is 26.5. The van der Waals surface area contributed by atoms with Gasteiger partial charge in [-0.1, -0.05) is 12.0 Å². The molecule has 12 heteroatoms. The number of hydrogen-bond donors (Lipinski definition) is 2. The molecular weight excluding hydrogens is 621 g/mol. The number of hydrogen-bond acceptors (Lipinski definition) is 9. The van der Waals surface area contributed by atoms with Gasteiger partial charge in [-0.05, 0) is 49.3 Å². The highest BCUT2D eigenvalue weighted by atomic mass is 19.1. The number of phenols is 1. The minimum absolute atomic E-state index is 0.0389. The number of anilines is 1. The van der Waals surface area contributed by atoms with Crippen molar-refractivity contribution in [3.8, 4) is 41.2 Å². The molecule has 5 fully saturated rings. The van der Waals surface area contributed by atoms with Gasteiger partial charge < -0.3 is 29.7 Å². The van der Waals surface area contributed by atoms with Crippen molar-refractivity contribution in [2.45, 2.75) is 43.9 Å². The van der Waals surface area contributed by atoms with Crippen molar-refractivity contribution < 1.29 is 27.8 Å². The van der Waals surface area contributed by atoms with E-state index < -0.39 is 17.8 Å². The molecule has 248 valence electrons. The summed E-state index contributed by atoms with van der Waals surface area (Å²) in [5.41, 5.74) is -0.301. The number of pyridine rings is 1. The molecule has 5 heterocycles. The number of benzene rings is 2. The van der Waals surface area contributed by atoms with Crippen LogP contribution in [0, 0.1) is 41.2 Å². The summed E-state index contributed by atoms with van der Waals surface area (Å²) < 4.78 is 57.9. The average Bonchev–Trinajstić information content (AvgIpc) is 3.86. The van der Waals surface area contributed by atoms with Crippen LogP contribution in [0.15, 0.2) is 24.3 Å². The summed E-state index contributed by atoms with van der Waals surface area (Å²) >= 11 is 0. The molecule has 2 bridgehead atoms. The fraction of sp³-hybridized carbons (Fsp3) is 0.472. The number of alkyl halides is 1. The highest BCUT2D eigenvalue weighted by Gasteiger charge is 2.58. The molecule has 4 atom stereocenters. The minimum Gasteiger partial charge on any atom is -0.508 e. The van der Waals surface area contributed by atoms with Crippen LogP contribution >= 0.6 is 0 Å².